The maximum Gasteiger partial charge on any atom is 0.257 e. The second kappa shape index (κ2) is 8.84. The third-order valence-electron chi connectivity index (χ3n) is 5.05. The van der Waals surface area contributed by atoms with Gasteiger partial charge in [-0.1, -0.05) is 29.8 Å². The molecule has 1 heterocycles. The van der Waals surface area contributed by atoms with E-state index in [2.05, 4.69) is 10.3 Å². The number of aryl methyl sites for hydroxylation is 1. The van der Waals surface area contributed by atoms with E-state index < -0.39 is 15.7 Å². The van der Waals surface area contributed by atoms with Gasteiger partial charge in [-0.25, -0.2) is 13.4 Å². The summed E-state index contributed by atoms with van der Waals surface area (Å²) in [6.45, 7) is 2.90. The van der Waals surface area contributed by atoms with E-state index in [1.165, 1.54) is 31.4 Å². The van der Waals surface area contributed by atoms with Crippen LogP contribution >= 0.6 is 0 Å². The van der Waals surface area contributed by atoms with Gasteiger partial charge in [0, 0.05) is 0 Å². The summed E-state index contributed by atoms with van der Waals surface area (Å²) >= 11 is 0. The Hall–Kier alpha value is -3.65. The second-order valence-corrected chi connectivity index (χ2v) is 9.13. The summed E-state index contributed by atoms with van der Waals surface area (Å²) in [7, 11) is -2.53. The summed E-state index contributed by atoms with van der Waals surface area (Å²) in [5.41, 5.74) is 2.05. The Bertz CT molecular complexity index is 1300. The van der Waals surface area contributed by atoms with Gasteiger partial charge in [-0.15, -0.1) is 0 Å². The van der Waals surface area contributed by atoms with Crippen molar-refractivity contribution in [2.75, 3.05) is 25.6 Å². The fourth-order valence-electron chi connectivity index (χ4n) is 3.35. The van der Waals surface area contributed by atoms with E-state index in [0.29, 0.717) is 36.0 Å². The Morgan fingerprint density at radius 3 is 2.50 bits per heavy atom. The molecule has 7 nitrogen and oxygen atoms in total. The van der Waals surface area contributed by atoms with E-state index >= 15 is 0 Å². The Balaban J connectivity index is 1.75. The maximum absolute atomic E-state index is 13.4. The van der Waals surface area contributed by atoms with Crippen molar-refractivity contribution in [3.63, 3.8) is 0 Å². The van der Waals surface area contributed by atoms with Crippen LogP contribution in [0.5, 0.6) is 5.75 Å². The Kier molecular flexibility index (Phi) is 5.96. The van der Waals surface area contributed by atoms with Crippen molar-refractivity contribution in [2.45, 2.75) is 16.7 Å². The van der Waals surface area contributed by atoms with Crippen LogP contribution in [0.25, 0.3) is 0 Å². The average molecular weight is 451 g/mol. The monoisotopic (exact) mass is 450 g/mol. The summed E-state index contributed by atoms with van der Waals surface area (Å²) in [5, 5.41) is 2.81. The van der Waals surface area contributed by atoms with E-state index in [1.54, 1.807) is 36.4 Å². The molecule has 0 atom stereocenters. The molecule has 8 heteroatoms. The third kappa shape index (κ3) is 4.22. The Morgan fingerprint density at radius 1 is 1.06 bits per heavy atom. The van der Waals surface area contributed by atoms with Gasteiger partial charge in [0.15, 0.2) is 0 Å². The predicted octanol–water partition coefficient (Wildman–Crippen LogP) is 3.87. The fourth-order valence-corrected chi connectivity index (χ4v) is 4.82. The van der Waals surface area contributed by atoms with Crippen LogP contribution in [-0.4, -0.2) is 40.5 Å². The third-order valence-corrected chi connectivity index (χ3v) is 6.85. The maximum atomic E-state index is 13.4. The van der Waals surface area contributed by atoms with Crippen molar-refractivity contribution in [1.29, 1.82) is 0 Å². The number of aliphatic imine (C=N–C) groups is 1. The average Bonchev–Trinajstić information content (AvgIpc) is 3.34. The number of amides is 1. The van der Waals surface area contributed by atoms with E-state index in [1.807, 2.05) is 13.0 Å². The zero-order valence-corrected chi connectivity index (χ0v) is 18.5. The van der Waals surface area contributed by atoms with Crippen LogP contribution < -0.4 is 10.1 Å². The lowest BCUT2D eigenvalue weighted by Gasteiger charge is -2.14. The first-order valence-electron chi connectivity index (χ1n) is 9.98. The van der Waals surface area contributed by atoms with Gasteiger partial charge in [0.25, 0.3) is 5.91 Å². The van der Waals surface area contributed by atoms with Gasteiger partial charge in [-0.3, -0.25) is 4.79 Å². The number of carbonyl (C=O) groups excluding carboxylic acids is 1. The lowest BCUT2D eigenvalue weighted by atomic mass is 10.1. The first kappa shape index (κ1) is 21.6. The normalized spacial score (nSPS) is 13.2. The number of hydrogen-bond acceptors (Lipinski definition) is 6. The Morgan fingerprint density at radius 2 is 1.81 bits per heavy atom. The van der Waals surface area contributed by atoms with Crippen LogP contribution in [0.3, 0.4) is 0 Å². The molecule has 1 amide bonds. The highest BCUT2D eigenvalue weighted by Crippen LogP contribution is 2.29. The van der Waals surface area contributed by atoms with Crippen LogP contribution in [0.15, 0.2) is 81.5 Å². The fraction of sp³-hybridized carbons (Fsp3) is 0.167. The number of carbonyl (C=O) groups is 1. The van der Waals surface area contributed by atoms with Crippen molar-refractivity contribution in [2.24, 2.45) is 4.99 Å². The molecule has 0 saturated carbocycles. The van der Waals surface area contributed by atoms with Crippen molar-refractivity contribution in [3.05, 3.63) is 83.4 Å². The number of rotatable bonds is 6. The van der Waals surface area contributed by atoms with Crippen LogP contribution in [0, 0.1) is 6.92 Å². The molecule has 3 aromatic carbocycles. The zero-order valence-electron chi connectivity index (χ0n) is 17.7. The predicted molar refractivity (Wildman–Crippen MR) is 121 cm³/mol. The molecule has 0 saturated heterocycles. The van der Waals surface area contributed by atoms with Gasteiger partial charge in [-0.05, 0) is 49.4 Å². The SMILES string of the molecule is COc1ccc(C(=O)Nc2ccccc2C2=NCCO2)c(S(=O)(=O)c2ccc(C)cc2)c1. The highest BCUT2D eigenvalue weighted by molar-refractivity contribution is 7.91. The first-order valence-corrected chi connectivity index (χ1v) is 11.5. The summed E-state index contributed by atoms with van der Waals surface area (Å²) in [6, 6.07) is 17.9. The van der Waals surface area contributed by atoms with Gasteiger partial charge in [0.1, 0.15) is 12.4 Å². The number of benzene rings is 3. The molecule has 32 heavy (non-hydrogen) atoms. The number of para-hydroxylation sites is 1. The molecule has 0 aliphatic carbocycles. The Labute approximate surface area is 186 Å². The van der Waals surface area contributed by atoms with Crippen LogP contribution in [0.4, 0.5) is 5.69 Å². The summed E-state index contributed by atoms with van der Waals surface area (Å²) in [5.74, 6) is 0.217. The zero-order chi connectivity index (χ0) is 22.7. The largest absolute Gasteiger partial charge is 0.497 e. The molecular weight excluding hydrogens is 428 g/mol. The van der Waals surface area contributed by atoms with E-state index in [4.69, 9.17) is 9.47 Å². The molecule has 4 rings (SSSR count). The molecule has 164 valence electrons. The number of hydrogen-bond donors (Lipinski definition) is 1. The van der Waals surface area contributed by atoms with E-state index in [9.17, 15) is 13.2 Å². The van der Waals surface area contributed by atoms with Gasteiger partial charge in [0.05, 0.1) is 40.3 Å². The quantitative estimate of drug-likeness (QED) is 0.615. The highest BCUT2D eigenvalue weighted by Gasteiger charge is 2.26. The number of ether oxygens (including phenoxy) is 2. The summed E-state index contributed by atoms with van der Waals surface area (Å²) in [4.78, 5) is 17.5. The van der Waals surface area contributed by atoms with Crippen LogP contribution in [0.2, 0.25) is 0 Å². The van der Waals surface area contributed by atoms with Gasteiger partial charge in [-0.2, -0.15) is 0 Å². The van der Waals surface area contributed by atoms with Gasteiger partial charge >= 0.3 is 0 Å². The number of nitrogens with one attached hydrogen (secondary N) is 1. The minimum absolute atomic E-state index is 0.00968. The molecule has 0 radical (unpaired) electrons. The number of methoxy groups -OCH3 is 1. The molecular formula is C24H22N2O5S. The molecule has 3 aromatic rings. The standard InChI is InChI=1S/C24H22N2O5S/c1-16-7-10-18(11-8-16)32(28,29)22-15-17(30-2)9-12-20(22)23(27)26-21-6-4-3-5-19(21)24-25-13-14-31-24/h3-12,15H,13-14H2,1-2H3,(H,26,27). The van der Waals surface area contributed by atoms with Gasteiger partial charge < -0.3 is 14.8 Å². The summed E-state index contributed by atoms with van der Waals surface area (Å²) < 4.78 is 37.5. The van der Waals surface area contributed by atoms with Crippen LogP contribution in [-0.2, 0) is 14.6 Å². The molecule has 0 spiro atoms. The molecule has 1 aliphatic rings. The number of nitrogens with zero attached hydrogens (tertiary/aromatic N) is 1. The van der Waals surface area contributed by atoms with Crippen LogP contribution in [0.1, 0.15) is 21.5 Å². The minimum atomic E-state index is -3.97. The smallest absolute Gasteiger partial charge is 0.257 e. The highest BCUT2D eigenvalue weighted by atomic mass is 32.2. The second-order valence-electron chi connectivity index (χ2n) is 7.21. The molecule has 0 unspecified atom stereocenters. The molecule has 1 aliphatic heterocycles. The topological polar surface area (TPSA) is 94.1 Å². The van der Waals surface area contributed by atoms with E-state index in [0.717, 1.165) is 5.56 Å². The molecule has 0 bridgehead atoms. The molecule has 1 N–H and O–H groups in total. The van der Waals surface area contributed by atoms with Crippen molar-refractivity contribution < 1.29 is 22.7 Å². The lowest BCUT2D eigenvalue weighted by molar-refractivity contribution is 0.102. The number of anilines is 1. The van der Waals surface area contributed by atoms with Crippen molar-refractivity contribution >= 4 is 27.3 Å². The molecule has 0 fully saturated rings. The van der Waals surface area contributed by atoms with E-state index in [-0.39, 0.29) is 15.4 Å². The summed E-state index contributed by atoms with van der Waals surface area (Å²) in [6.07, 6.45) is 0. The minimum Gasteiger partial charge on any atom is -0.497 e. The molecule has 0 aromatic heterocycles. The lowest BCUT2D eigenvalue weighted by Crippen LogP contribution is -2.18. The van der Waals surface area contributed by atoms with Crippen molar-refractivity contribution in [1.82, 2.24) is 0 Å². The first-order chi connectivity index (χ1) is 15.4. The van der Waals surface area contributed by atoms with Crippen molar-refractivity contribution in [3.8, 4) is 5.75 Å². The van der Waals surface area contributed by atoms with Gasteiger partial charge in [0.2, 0.25) is 15.7 Å². The number of sulfone groups is 1.